The van der Waals surface area contributed by atoms with Gasteiger partial charge in [0.1, 0.15) is 17.8 Å². The molecule has 4 amide bonds. The van der Waals surface area contributed by atoms with E-state index in [4.69, 9.17) is 25.8 Å². The first kappa shape index (κ1) is 20.8. The van der Waals surface area contributed by atoms with E-state index >= 15 is 0 Å². The Hall–Kier alpha value is -3.46. The minimum absolute atomic E-state index is 0.147. The zero-order valence-electron chi connectivity index (χ0n) is 16.9. The van der Waals surface area contributed by atoms with Gasteiger partial charge in [0.05, 0.1) is 12.1 Å². The van der Waals surface area contributed by atoms with Crippen LogP contribution in [0.2, 0.25) is 5.02 Å². The van der Waals surface area contributed by atoms with E-state index < -0.39 is 29.9 Å². The number of nitrogens with one attached hydrogen (secondary N) is 2. The summed E-state index contributed by atoms with van der Waals surface area (Å²) in [7, 11) is 1.48. The topological polar surface area (TPSA) is 106 Å². The van der Waals surface area contributed by atoms with Crippen LogP contribution in [0.1, 0.15) is 12.5 Å². The Balaban J connectivity index is 1.42. The average molecular weight is 446 g/mol. The van der Waals surface area contributed by atoms with Crippen molar-refractivity contribution in [3.05, 3.63) is 47.0 Å². The van der Waals surface area contributed by atoms with Gasteiger partial charge < -0.3 is 24.8 Å². The Morgan fingerprint density at radius 2 is 2.00 bits per heavy atom. The smallest absolute Gasteiger partial charge is 0.325 e. The van der Waals surface area contributed by atoms with E-state index in [1.807, 2.05) is 0 Å². The van der Waals surface area contributed by atoms with Gasteiger partial charge in [0, 0.05) is 12.1 Å². The van der Waals surface area contributed by atoms with Crippen molar-refractivity contribution in [2.75, 3.05) is 25.8 Å². The van der Waals surface area contributed by atoms with Crippen molar-refractivity contribution in [2.24, 2.45) is 0 Å². The molecule has 2 heterocycles. The molecule has 0 saturated carbocycles. The molecule has 2 aliphatic heterocycles. The molecule has 0 radical (unpaired) electrons. The number of amides is 4. The molecule has 0 spiro atoms. The van der Waals surface area contributed by atoms with E-state index in [1.165, 1.54) is 13.2 Å². The second-order valence-corrected chi connectivity index (χ2v) is 7.82. The van der Waals surface area contributed by atoms with E-state index in [0.29, 0.717) is 28.0 Å². The maximum atomic E-state index is 13.0. The zero-order valence-corrected chi connectivity index (χ0v) is 17.6. The fourth-order valence-electron chi connectivity index (χ4n) is 3.56. The van der Waals surface area contributed by atoms with Crippen molar-refractivity contribution < 1.29 is 28.6 Å². The highest BCUT2D eigenvalue weighted by Crippen LogP contribution is 2.34. The molecular formula is C21H20ClN3O6. The summed E-state index contributed by atoms with van der Waals surface area (Å²) >= 11 is 6.06. The standard InChI is InChI=1S/C21H20ClN3O6/c1-21(9-12-3-5-16-17(7-12)31-11-30-16)19(27)25(20(28)24-21)10-18(26)23-13-4-6-15(29-2)14(22)8-13/h3-8H,9-11H2,1-2H3,(H,23,26)(H,24,28). The van der Waals surface area contributed by atoms with Gasteiger partial charge in [-0.2, -0.15) is 0 Å². The maximum absolute atomic E-state index is 13.0. The number of carbonyl (C=O) groups is 3. The highest BCUT2D eigenvalue weighted by molar-refractivity contribution is 6.32. The van der Waals surface area contributed by atoms with E-state index in [0.717, 1.165) is 10.5 Å². The molecule has 1 fully saturated rings. The van der Waals surface area contributed by atoms with Crippen LogP contribution >= 0.6 is 11.6 Å². The minimum Gasteiger partial charge on any atom is -0.495 e. The first-order chi connectivity index (χ1) is 14.8. The quantitative estimate of drug-likeness (QED) is 0.662. The highest BCUT2D eigenvalue weighted by Gasteiger charge is 2.48. The number of anilines is 1. The maximum Gasteiger partial charge on any atom is 0.325 e. The number of ether oxygens (including phenoxy) is 3. The Morgan fingerprint density at radius 3 is 2.74 bits per heavy atom. The van der Waals surface area contributed by atoms with Gasteiger partial charge >= 0.3 is 6.03 Å². The molecule has 0 bridgehead atoms. The van der Waals surface area contributed by atoms with Gasteiger partial charge in [-0.3, -0.25) is 14.5 Å². The van der Waals surface area contributed by atoms with Crippen molar-refractivity contribution in [1.29, 1.82) is 0 Å². The number of imide groups is 1. The summed E-state index contributed by atoms with van der Waals surface area (Å²) in [5.74, 6) is 0.670. The first-order valence-electron chi connectivity index (χ1n) is 9.45. The third-order valence-corrected chi connectivity index (χ3v) is 5.37. The summed E-state index contributed by atoms with van der Waals surface area (Å²) in [6, 6.07) is 9.45. The summed E-state index contributed by atoms with van der Waals surface area (Å²) in [6.07, 6.45) is 0.237. The van der Waals surface area contributed by atoms with Gasteiger partial charge in [0.15, 0.2) is 11.5 Å². The van der Waals surface area contributed by atoms with E-state index in [1.54, 1.807) is 37.3 Å². The average Bonchev–Trinajstić information content (AvgIpc) is 3.26. The summed E-state index contributed by atoms with van der Waals surface area (Å²) < 4.78 is 15.7. The molecule has 162 valence electrons. The normalized spacial score (nSPS) is 19.4. The number of halogens is 1. The van der Waals surface area contributed by atoms with Gasteiger partial charge in [-0.1, -0.05) is 17.7 Å². The molecule has 2 aromatic rings. The van der Waals surface area contributed by atoms with Gasteiger partial charge in [-0.05, 0) is 42.8 Å². The lowest BCUT2D eigenvalue weighted by Gasteiger charge is -2.22. The van der Waals surface area contributed by atoms with Crippen LogP contribution in [0.3, 0.4) is 0 Å². The van der Waals surface area contributed by atoms with Crippen molar-refractivity contribution in [1.82, 2.24) is 10.2 Å². The Bertz CT molecular complexity index is 1080. The molecule has 1 atom stereocenters. The van der Waals surface area contributed by atoms with E-state index in [9.17, 15) is 14.4 Å². The van der Waals surface area contributed by atoms with Crippen LogP contribution < -0.4 is 24.8 Å². The third kappa shape index (κ3) is 4.09. The summed E-state index contributed by atoms with van der Waals surface area (Å²) in [6.45, 7) is 1.35. The Kier molecular flexibility index (Phi) is 5.36. The molecule has 1 unspecified atom stereocenters. The lowest BCUT2D eigenvalue weighted by molar-refractivity contribution is -0.133. The molecule has 9 nitrogen and oxygen atoms in total. The van der Waals surface area contributed by atoms with E-state index in [-0.39, 0.29) is 13.2 Å². The van der Waals surface area contributed by atoms with Crippen LogP contribution in [0.15, 0.2) is 36.4 Å². The minimum atomic E-state index is -1.19. The fourth-order valence-corrected chi connectivity index (χ4v) is 3.82. The molecule has 1 saturated heterocycles. The lowest BCUT2D eigenvalue weighted by atomic mass is 9.92. The number of hydrogen-bond acceptors (Lipinski definition) is 6. The highest BCUT2D eigenvalue weighted by atomic mass is 35.5. The summed E-state index contributed by atoms with van der Waals surface area (Å²) in [4.78, 5) is 38.7. The predicted octanol–water partition coefficient (Wildman–Crippen LogP) is 2.57. The predicted molar refractivity (Wildman–Crippen MR) is 112 cm³/mol. The molecule has 2 aromatic carbocycles. The zero-order chi connectivity index (χ0) is 22.2. The molecule has 10 heteroatoms. The van der Waals surface area contributed by atoms with Crippen molar-refractivity contribution in [2.45, 2.75) is 18.9 Å². The molecule has 4 rings (SSSR count). The second-order valence-electron chi connectivity index (χ2n) is 7.42. The van der Waals surface area contributed by atoms with Gasteiger partial charge in [-0.15, -0.1) is 0 Å². The number of fused-ring (bicyclic) bond motifs is 1. The summed E-state index contributed by atoms with van der Waals surface area (Å²) in [5.41, 5.74) is 0.0274. The largest absolute Gasteiger partial charge is 0.495 e. The van der Waals surface area contributed by atoms with Gasteiger partial charge in [0.2, 0.25) is 12.7 Å². The number of hydrogen-bond donors (Lipinski definition) is 2. The molecule has 2 N–H and O–H groups in total. The fraction of sp³-hybridized carbons (Fsp3) is 0.286. The SMILES string of the molecule is COc1ccc(NC(=O)CN2C(=O)NC(C)(Cc3ccc4c(c3)OCO4)C2=O)cc1Cl. The van der Waals surface area contributed by atoms with Crippen LogP contribution in [-0.2, 0) is 16.0 Å². The number of carbonyl (C=O) groups excluding carboxylic acids is 3. The van der Waals surface area contributed by atoms with Crippen LogP contribution in [0.25, 0.3) is 0 Å². The molecule has 31 heavy (non-hydrogen) atoms. The first-order valence-corrected chi connectivity index (χ1v) is 9.83. The summed E-state index contributed by atoms with van der Waals surface area (Å²) in [5, 5.41) is 5.64. The van der Waals surface area contributed by atoms with Crippen LogP contribution in [0.5, 0.6) is 17.2 Å². The molecule has 0 aliphatic carbocycles. The van der Waals surface area contributed by atoms with Gasteiger partial charge in [-0.25, -0.2) is 4.79 Å². The Morgan fingerprint density at radius 1 is 1.23 bits per heavy atom. The van der Waals surface area contributed by atoms with Crippen LogP contribution in [-0.4, -0.2) is 48.7 Å². The second kappa shape index (κ2) is 7.99. The number of methoxy groups -OCH3 is 1. The molecular weight excluding hydrogens is 426 g/mol. The lowest BCUT2D eigenvalue weighted by Crippen LogP contribution is -2.46. The number of urea groups is 1. The Labute approximate surface area is 183 Å². The van der Waals surface area contributed by atoms with Gasteiger partial charge in [0.25, 0.3) is 5.91 Å². The monoisotopic (exact) mass is 445 g/mol. The number of rotatable bonds is 6. The molecule has 2 aliphatic rings. The van der Waals surface area contributed by atoms with E-state index in [2.05, 4.69) is 10.6 Å². The molecule has 0 aromatic heterocycles. The number of benzene rings is 2. The third-order valence-electron chi connectivity index (χ3n) is 5.08. The van der Waals surface area contributed by atoms with Crippen molar-refractivity contribution in [3.63, 3.8) is 0 Å². The number of nitrogens with zero attached hydrogens (tertiary/aromatic N) is 1. The van der Waals surface area contributed by atoms with Crippen molar-refractivity contribution in [3.8, 4) is 17.2 Å². The van der Waals surface area contributed by atoms with Crippen molar-refractivity contribution >= 4 is 35.1 Å². The van der Waals surface area contributed by atoms with Crippen LogP contribution in [0.4, 0.5) is 10.5 Å². The van der Waals surface area contributed by atoms with Crippen LogP contribution in [0, 0.1) is 0 Å².